The van der Waals surface area contributed by atoms with Crippen molar-refractivity contribution in [2.24, 2.45) is 0 Å². The molecule has 0 unspecified atom stereocenters. The van der Waals surface area contributed by atoms with Gasteiger partial charge in [-0.25, -0.2) is 0 Å². The second kappa shape index (κ2) is 9.12. The van der Waals surface area contributed by atoms with Crippen LogP contribution in [0.3, 0.4) is 0 Å². The quantitative estimate of drug-likeness (QED) is 0.262. The topological polar surface area (TPSA) is 0 Å². The first-order valence-electron chi connectivity index (χ1n) is 7.60. The highest BCUT2D eigenvalue weighted by molar-refractivity contribution is 4.76. The molecule has 0 bridgehead atoms. The second-order valence-corrected chi connectivity index (χ2v) is 5.73. The van der Waals surface area contributed by atoms with Gasteiger partial charge >= 0.3 is 24.2 Å². The van der Waals surface area contributed by atoms with Crippen LogP contribution in [0.5, 0.6) is 0 Å². The summed E-state index contributed by atoms with van der Waals surface area (Å²) in [4.78, 5) is 0. The summed E-state index contributed by atoms with van der Waals surface area (Å²) < 4.78 is 121. The lowest BCUT2D eigenvalue weighted by atomic mass is 10.0. The molecule has 0 rings (SSSR count). The van der Waals surface area contributed by atoms with Crippen molar-refractivity contribution < 1.29 is 43.9 Å². The van der Waals surface area contributed by atoms with Gasteiger partial charge < -0.3 is 0 Å². The molecule has 0 atom stereocenters. The minimum atomic E-state index is -5.55. The van der Waals surface area contributed by atoms with Crippen molar-refractivity contribution in [2.45, 2.75) is 88.4 Å². The van der Waals surface area contributed by atoms with E-state index in [4.69, 9.17) is 0 Å². The first-order chi connectivity index (χ1) is 10.7. The van der Waals surface area contributed by atoms with Gasteiger partial charge in [0.15, 0.2) is 0 Å². The first kappa shape index (κ1) is 23.3. The van der Waals surface area contributed by atoms with Crippen molar-refractivity contribution in [2.75, 3.05) is 0 Å². The lowest BCUT2D eigenvalue weighted by Crippen LogP contribution is -2.36. The molecule has 0 aliphatic carbocycles. The molecule has 0 fully saturated rings. The van der Waals surface area contributed by atoms with Gasteiger partial charge in [0.2, 0.25) is 0 Å². The van der Waals surface area contributed by atoms with E-state index >= 15 is 0 Å². The van der Waals surface area contributed by atoms with Crippen molar-refractivity contribution >= 4 is 0 Å². The van der Waals surface area contributed by atoms with E-state index in [-0.39, 0.29) is 25.7 Å². The number of hydrogen-bond donors (Lipinski definition) is 0. The maximum absolute atomic E-state index is 12.6. The predicted octanol–water partition coefficient (Wildman–Crippen LogP) is 7.28. The van der Waals surface area contributed by atoms with E-state index in [1.165, 1.54) is 0 Å². The Hall–Kier alpha value is -0.700. The number of alkyl halides is 10. The van der Waals surface area contributed by atoms with E-state index in [0.29, 0.717) is 25.7 Å². The highest BCUT2D eigenvalue weighted by atomic mass is 19.4. The molecule has 0 radical (unpaired) electrons. The highest BCUT2D eigenvalue weighted by Crippen LogP contribution is 2.40. The Morgan fingerprint density at radius 2 is 0.542 bits per heavy atom. The summed E-state index contributed by atoms with van der Waals surface area (Å²) in [7, 11) is 0. The molecule has 0 aliphatic heterocycles. The summed E-state index contributed by atoms with van der Waals surface area (Å²) in [5.74, 6) is -9.40. The molecule has 0 nitrogen and oxygen atoms in total. The van der Waals surface area contributed by atoms with Crippen molar-refractivity contribution in [3.63, 3.8) is 0 Å². The van der Waals surface area contributed by atoms with Crippen LogP contribution < -0.4 is 0 Å². The lowest BCUT2D eigenvalue weighted by molar-refractivity contribution is -0.284. The van der Waals surface area contributed by atoms with Gasteiger partial charge in [0.05, 0.1) is 0 Å². The van der Waals surface area contributed by atoms with Gasteiger partial charge in [0, 0.05) is 12.8 Å². The molecule has 0 aromatic carbocycles. The minimum Gasteiger partial charge on any atom is -0.196 e. The fourth-order valence-electron chi connectivity index (χ4n) is 2.04. The monoisotopic (exact) mass is 378 g/mol. The molecule has 0 aliphatic rings. The molecule has 146 valence electrons. The molecule has 0 aromatic heterocycles. The maximum atomic E-state index is 12.6. The standard InChI is InChI=1S/C14H20F10/c15-11(16,13(19,20)21)9-7-5-3-1-2-4-6-8-10-12(17,18)14(22,23)24/h1-10H2. The second-order valence-electron chi connectivity index (χ2n) is 5.73. The van der Waals surface area contributed by atoms with E-state index in [9.17, 15) is 43.9 Å². The largest absolute Gasteiger partial charge is 0.453 e. The van der Waals surface area contributed by atoms with E-state index < -0.39 is 37.0 Å². The van der Waals surface area contributed by atoms with Gasteiger partial charge in [-0.15, -0.1) is 0 Å². The van der Waals surface area contributed by atoms with Gasteiger partial charge in [-0.3, -0.25) is 0 Å². The maximum Gasteiger partial charge on any atom is 0.453 e. The molecule has 0 saturated heterocycles. The number of rotatable bonds is 11. The van der Waals surface area contributed by atoms with Crippen LogP contribution in [0.25, 0.3) is 0 Å². The Labute approximate surface area is 133 Å². The molecule has 0 aromatic rings. The molecule has 10 heteroatoms. The number of hydrogen-bond acceptors (Lipinski definition) is 0. The smallest absolute Gasteiger partial charge is 0.196 e. The van der Waals surface area contributed by atoms with Crippen LogP contribution in [0.1, 0.15) is 64.2 Å². The summed E-state index contributed by atoms with van der Waals surface area (Å²) >= 11 is 0. The van der Waals surface area contributed by atoms with Crippen LogP contribution in [0, 0.1) is 0 Å². The Morgan fingerprint density at radius 3 is 0.750 bits per heavy atom. The summed E-state index contributed by atoms with van der Waals surface area (Å²) in [5, 5.41) is 0. The molecular weight excluding hydrogens is 358 g/mol. The Balaban J connectivity index is 3.60. The third-order valence-electron chi connectivity index (χ3n) is 3.56. The predicted molar refractivity (Wildman–Crippen MR) is 68.2 cm³/mol. The normalized spacial score (nSPS) is 14.2. The Bertz CT molecular complexity index is 308. The zero-order chi connectivity index (χ0) is 19.1. The van der Waals surface area contributed by atoms with Crippen LogP contribution in [-0.4, -0.2) is 24.2 Å². The van der Waals surface area contributed by atoms with Crippen molar-refractivity contribution in [3.05, 3.63) is 0 Å². The van der Waals surface area contributed by atoms with Crippen molar-refractivity contribution in [1.82, 2.24) is 0 Å². The molecule has 0 saturated carbocycles. The number of unbranched alkanes of at least 4 members (excludes halogenated alkanes) is 7. The number of halogens is 10. The first-order valence-corrected chi connectivity index (χ1v) is 7.60. The van der Waals surface area contributed by atoms with Crippen molar-refractivity contribution in [1.29, 1.82) is 0 Å². The van der Waals surface area contributed by atoms with E-state index in [1.807, 2.05) is 0 Å². The minimum absolute atomic E-state index is 0.178. The summed E-state index contributed by atoms with van der Waals surface area (Å²) in [6, 6.07) is 0. The lowest BCUT2D eigenvalue weighted by Gasteiger charge is -2.19. The van der Waals surface area contributed by atoms with Crippen LogP contribution in [-0.2, 0) is 0 Å². The van der Waals surface area contributed by atoms with E-state index in [2.05, 4.69) is 0 Å². The fourth-order valence-corrected chi connectivity index (χ4v) is 2.04. The Kier molecular flexibility index (Phi) is 8.86. The fraction of sp³-hybridized carbons (Fsp3) is 1.00. The van der Waals surface area contributed by atoms with Gasteiger partial charge in [0.1, 0.15) is 0 Å². The summed E-state index contributed by atoms with van der Waals surface area (Å²) in [6.45, 7) is 0. The van der Waals surface area contributed by atoms with E-state index in [0.717, 1.165) is 0 Å². The molecule has 24 heavy (non-hydrogen) atoms. The van der Waals surface area contributed by atoms with Crippen LogP contribution >= 0.6 is 0 Å². The zero-order valence-corrected chi connectivity index (χ0v) is 12.9. The van der Waals surface area contributed by atoms with Crippen molar-refractivity contribution in [3.8, 4) is 0 Å². The van der Waals surface area contributed by atoms with Crippen LogP contribution in [0.4, 0.5) is 43.9 Å². The summed E-state index contributed by atoms with van der Waals surface area (Å²) in [5.41, 5.74) is 0. The van der Waals surface area contributed by atoms with Gasteiger partial charge in [-0.05, 0) is 12.8 Å². The molecule has 0 amide bonds. The zero-order valence-electron chi connectivity index (χ0n) is 12.9. The highest BCUT2D eigenvalue weighted by Gasteiger charge is 2.57. The van der Waals surface area contributed by atoms with Gasteiger partial charge in [-0.1, -0.05) is 38.5 Å². The third kappa shape index (κ3) is 8.41. The Morgan fingerprint density at radius 1 is 0.333 bits per heavy atom. The van der Waals surface area contributed by atoms with Crippen LogP contribution in [0.2, 0.25) is 0 Å². The van der Waals surface area contributed by atoms with Crippen LogP contribution in [0.15, 0.2) is 0 Å². The molecule has 0 heterocycles. The average molecular weight is 378 g/mol. The molecule has 0 N–H and O–H groups in total. The SMILES string of the molecule is FC(F)(F)C(F)(F)CCCCCCCCCCC(F)(F)C(F)(F)F. The molecule has 0 spiro atoms. The van der Waals surface area contributed by atoms with E-state index in [1.54, 1.807) is 0 Å². The average Bonchev–Trinajstić information content (AvgIpc) is 2.38. The summed E-state index contributed by atoms with van der Waals surface area (Å²) in [6.07, 6.45) is -12.0. The van der Waals surface area contributed by atoms with Gasteiger partial charge in [0.25, 0.3) is 0 Å². The third-order valence-corrected chi connectivity index (χ3v) is 3.56. The van der Waals surface area contributed by atoms with Gasteiger partial charge in [-0.2, -0.15) is 43.9 Å². The molecular formula is C14H20F10.